The van der Waals surface area contributed by atoms with Crippen molar-refractivity contribution in [2.45, 2.75) is 25.4 Å². The lowest BCUT2D eigenvalue weighted by Crippen LogP contribution is -2.37. The molecule has 13 nitrogen and oxygen atoms in total. The van der Waals surface area contributed by atoms with Gasteiger partial charge in [0.25, 0.3) is 5.56 Å². The van der Waals surface area contributed by atoms with E-state index in [1.807, 2.05) is 0 Å². The van der Waals surface area contributed by atoms with Crippen LogP contribution in [0, 0.1) is 24.0 Å². The van der Waals surface area contributed by atoms with Crippen molar-refractivity contribution in [2.24, 2.45) is 5.73 Å². The number of hydroxylamine groups is 1. The Bertz CT molecular complexity index is 1370. The minimum atomic E-state index is -5.08. The summed E-state index contributed by atoms with van der Waals surface area (Å²) in [5, 5.41) is 16.5. The van der Waals surface area contributed by atoms with E-state index in [-0.39, 0.29) is 30.9 Å². The number of carbonyl (C=O) groups is 2. The molecule has 2 rings (SSSR count). The third-order valence-corrected chi connectivity index (χ3v) is 5.50. The predicted octanol–water partition coefficient (Wildman–Crippen LogP) is 0.541. The van der Waals surface area contributed by atoms with Gasteiger partial charge in [-0.05, 0) is 36.8 Å². The maximum atomic E-state index is 13.3. The zero-order chi connectivity index (χ0) is 30.0. The molecule has 0 atom stereocenters. The molecule has 1 aromatic heterocycles. The number of carboxylic acids is 1. The third kappa shape index (κ3) is 11.8. The summed E-state index contributed by atoms with van der Waals surface area (Å²) >= 11 is 0. The molecule has 0 saturated carbocycles. The number of rotatable bonds is 10. The van der Waals surface area contributed by atoms with E-state index < -0.39 is 57.0 Å². The molecule has 216 valence electrons. The second-order valence-electron chi connectivity index (χ2n) is 7.41. The fraction of sp³-hybridized carbons (Fsp3) is 0.300. The molecule has 0 bridgehead atoms. The van der Waals surface area contributed by atoms with E-state index in [9.17, 15) is 40.0 Å². The molecule has 0 aliphatic heterocycles. The number of carboxylic acid groups (broad SMARTS) is 1. The quantitative estimate of drug-likeness (QED) is 0.0754. The number of halogens is 5. The van der Waals surface area contributed by atoms with E-state index in [2.05, 4.69) is 15.5 Å². The van der Waals surface area contributed by atoms with Gasteiger partial charge in [-0.3, -0.25) is 24.6 Å². The molecule has 7 N–H and O–H groups in total. The van der Waals surface area contributed by atoms with Gasteiger partial charge < -0.3 is 20.7 Å². The Morgan fingerprint density at radius 2 is 1.77 bits per heavy atom. The zero-order valence-corrected chi connectivity index (χ0v) is 20.8. The van der Waals surface area contributed by atoms with E-state index in [4.69, 9.17) is 25.9 Å². The van der Waals surface area contributed by atoms with Gasteiger partial charge in [0.15, 0.2) is 11.6 Å². The van der Waals surface area contributed by atoms with Gasteiger partial charge in [0, 0.05) is 12.2 Å². The van der Waals surface area contributed by atoms with Crippen molar-refractivity contribution in [3.8, 4) is 0 Å². The number of aliphatic carboxylic acids is 1. The lowest BCUT2D eigenvalue weighted by atomic mass is 10.2. The summed E-state index contributed by atoms with van der Waals surface area (Å²) in [6.45, 7) is 1.24. The summed E-state index contributed by atoms with van der Waals surface area (Å²) in [5.74, 6) is -6.69. The molecule has 0 spiro atoms. The molecule has 2 aromatic rings. The molecule has 0 aliphatic carbocycles. The Morgan fingerprint density at radius 1 is 1.15 bits per heavy atom. The average Bonchev–Trinajstić information content (AvgIpc) is 2.80. The first kappa shape index (κ1) is 32.8. The number of hydrogen-bond acceptors (Lipinski definition) is 7. The molecule has 1 aromatic carbocycles. The van der Waals surface area contributed by atoms with E-state index in [0.717, 1.165) is 22.8 Å². The molecule has 39 heavy (non-hydrogen) atoms. The Labute approximate surface area is 217 Å². The molecule has 1 heterocycles. The fourth-order valence-electron chi connectivity index (χ4n) is 2.57. The van der Waals surface area contributed by atoms with E-state index in [1.165, 1.54) is 12.1 Å². The predicted molar refractivity (Wildman–Crippen MR) is 126 cm³/mol. The number of guanidine groups is 1. The van der Waals surface area contributed by atoms with Crippen LogP contribution in [0.1, 0.15) is 11.3 Å². The van der Waals surface area contributed by atoms with Crippen LogP contribution < -0.4 is 26.8 Å². The van der Waals surface area contributed by atoms with Crippen LogP contribution in [0.25, 0.3) is 0 Å². The highest BCUT2D eigenvalue weighted by Crippen LogP contribution is 2.14. The number of benzene rings is 1. The van der Waals surface area contributed by atoms with Crippen LogP contribution in [0.5, 0.6) is 0 Å². The second-order valence-corrected chi connectivity index (χ2v) is 9.13. The number of sulfonamides is 1. The van der Waals surface area contributed by atoms with Crippen molar-refractivity contribution in [1.29, 1.82) is 5.41 Å². The summed E-state index contributed by atoms with van der Waals surface area (Å²) in [5.41, 5.74) is 6.44. The topological polar surface area (TPSA) is 206 Å². The van der Waals surface area contributed by atoms with Crippen LogP contribution in [0.15, 0.2) is 35.1 Å². The molecule has 19 heteroatoms. The molecule has 1 amide bonds. The van der Waals surface area contributed by atoms with Gasteiger partial charge in [0.2, 0.25) is 21.9 Å². The highest BCUT2D eigenvalue weighted by atomic mass is 32.2. The number of anilines is 1. The normalized spacial score (nSPS) is 11.1. The van der Waals surface area contributed by atoms with Gasteiger partial charge in [-0.25, -0.2) is 27.5 Å². The fourth-order valence-corrected chi connectivity index (χ4v) is 3.75. The highest BCUT2D eigenvalue weighted by molar-refractivity contribution is 7.91. The van der Waals surface area contributed by atoms with Gasteiger partial charge in [0.05, 0.1) is 12.4 Å². The lowest BCUT2D eigenvalue weighted by molar-refractivity contribution is -0.192. The van der Waals surface area contributed by atoms with Crippen LogP contribution in [0.2, 0.25) is 0 Å². The number of amides is 1. The number of carbonyl (C=O) groups excluding carboxylic acids is 1. The number of nitrogens with zero attached hydrogens (tertiary/aromatic N) is 1. The smallest absolute Gasteiger partial charge is 0.475 e. The highest BCUT2D eigenvalue weighted by Gasteiger charge is 2.38. The second kappa shape index (κ2) is 14.0. The number of aryl methyl sites for hydroxylation is 1. The standard InChI is InChI=1S/C18H22F2N6O5S.C2HF3O2/c1-11-2-5-15(25-32(29,30)10-12-3-4-13(19)14(20)8-12)17(28)26(11)9-16(27)23-6-7-31-24-18(21)22;3-2(4,5)1(6)7/h2-5,8,25H,6-7,9-10H2,1H3,(H,23,27)(H4,21,22,24);(H,6,7). The molecular formula is C20H23F5N6O7S. The van der Waals surface area contributed by atoms with Crippen LogP contribution in [0.4, 0.5) is 27.6 Å². The Balaban J connectivity index is 0.000000956. The molecule has 0 saturated heterocycles. The maximum absolute atomic E-state index is 13.3. The minimum Gasteiger partial charge on any atom is -0.475 e. The van der Waals surface area contributed by atoms with Crippen LogP contribution in [-0.2, 0) is 36.7 Å². The van der Waals surface area contributed by atoms with Gasteiger partial charge >= 0.3 is 12.1 Å². The van der Waals surface area contributed by atoms with Crippen LogP contribution >= 0.6 is 0 Å². The van der Waals surface area contributed by atoms with Crippen molar-refractivity contribution in [1.82, 2.24) is 15.4 Å². The SMILES string of the molecule is Cc1ccc(NS(=O)(=O)Cc2ccc(F)c(F)c2)c(=O)n1CC(=O)NCCONC(=N)N.O=C(O)C(F)(F)F. The summed E-state index contributed by atoms with van der Waals surface area (Å²) in [4.78, 5) is 38.4. The number of hydrogen-bond donors (Lipinski definition) is 6. The summed E-state index contributed by atoms with van der Waals surface area (Å²) < 4.78 is 86.0. The third-order valence-electron chi connectivity index (χ3n) is 4.25. The van der Waals surface area contributed by atoms with Gasteiger partial charge in [-0.2, -0.15) is 13.2 Å². The Hall–Kier alpha value is -4.26. The minimum absolute atomic E-state index is 0.00300. The summed E-state index contributed by atoms with van der Waals surface area (Å²) in [7, 11) is -4.13. The monoisotopic (exact) mass is 586 g/mol. The Morgan fingerprint density at radius 3 is 2.31 bits per heavy atom. The molecule has 0 aliphatic rings. The zero-order valence-electron chi connectivity index (χ0n) is 19.9. The number of aromatic nitrogens is 1. The first-order chi connectivity index (χ1) is 17.9. The maximum Gasteiger partial charge on any atom is 0.490 e. The van der Waals surface area contributed by atoms with Crippen molar-refractivity contribution in [3.63, 3.8) is 0 Å². The average molecular weight is 586 g/mol. The lowest BCUT2D eigenvalue weighted by Gasteiger charge is -2.14. The van der Waals surface area contributed by atoms with Gasteiger partial charge in [0.1, 0.15) is 12.2 Å². The number of nitrogens with one attached hydrogen (secondary N) is 4. The van der Waals surface area contributed by atoms with Crippen molar-refractivity contribution >= 4 is 33.5 Å². The van der Waals surface area contributed by atoms with Crippen LogP contribution in [0.3, 0.4) is 0 Å². The van der Waals surface area contributed by atoms with E-state index in [0.29, 0.717) is 5.69 Å². The first-order valence-electron chi connectivity index (χ1n) is 10.4. The van der Waals surface area contributed by atoms with Gasteiger partial charge in [-0.1, -0.05) is 6.07 Å². The van der Waals surface area contributed by atoms with Crippen LogP contribution in [-0.4, -0.2) is 55.3 Å². The number of nitrogens with two attached hydrogens (primary N) is 1. The van der Waals surface area contributed by atoms with E-state index in [1.54, 1.807) is 6.92 Å². The summed E-state index contributed by atoms with van der Waals surface area (Å²) in [6, 6.07) is 5.37. The molecular weight excluding hydrogens is 563 g/mol. The molecule has 0 fully saturated rings. The number of pyridine rings is 1. The Kier molecular flexibility index (Phi) is 11.8. The van der Waals surface area contributed by atoms with Crippen molar-refractivity contribution in [2.75, 3.05) is 17.9 Å². The van der Waals surface area contributed by atoms with Crippen molar-refractivity contribution < 1.29 is 49.9 Å². The summed E-state index contributed by atoms with van der Waals surface area (Å²) in [6.07, 6.45) is -5.08. The van der Waals surface area contributed by atoms with Crippen molar-refractivity contribution in [3.05, 3.63) is 63.6 Å². The number of alkyl halides is 3. The molecule has 0 unspecified atom stereocenters. The molecule has 0 radical (unpaired) electrons. The van der Waals surface area contributed by atoms with Gasteiger partial charge in [-0.15, -0.1) is 0 Å². The first-order valence-corrected chi connectivity index (χ1v) is 12.0. The largest absolute Gasteiger partial charge is 0.490 e. The van der Waals surface area contributed by atoms with E-state index >= 15 is 0 Å².